The van der Waals surface area contributed by atoms with Gasteiger partial charge in [0.25, 0.3) is 0 Å². The van der Waals surface area contributed by atoms with Gasteiger partial charge in [0, 0.05) is 0 Å². The van der Waals surface area contributed by atoms with Crippen LogP contribution in [0.1, 0.15) is 38.5 Å². The Balaban J connectivity index is 2.13. The predicted molar refractivity (Wildman–Crippen MR) is 55.7 cm³/mol. The Labute approximate surface area is 77.3 Å². The van der Waals surface area contributed by atoms with Gasteiger partial charge in [-0.15, -0.1) is 0 Å². The zero-order valence-corrected chi connectivity index (χ0v) is 9.47. The molecular weight excluding hydrogens is 164 g/mol. The van der Waals surface area contributed by atoms with E-state index in [-0.39, 0.29) is 0 Å². The summed E-state index contributed by atoms with van der Waals surface area (Å²) in [4.78, 5) is 9.69. The van der Waals surface area contributed by atoms with Crippen molar-refractivity contribution >= 4 is 8.32 Å². The van der Waals surface area contributed by atoms with Gasteiger partial charge in [0.05, 0.1) is 0 Å². The van der Waals surface area contributed by atoms with Crippen LogP contribution in [0.15, 0.2) is 0 Å². The van der Waals surface area contributed by atoms with E-state index >= 15 is 0 Å². The first-order valence-electron chi connectivity index (χ1n) is 5.30. The largest absolute Gasteiger partial charge is 0.432 e. The molecule has 0 spiro atoms. The molecule has 1 saturated carbocycles. The van der Waals surface area contributed by atoms with Crippen molar-refractivity contribution in [2.75, 3.05) is 0 Å². The van der Waals surface area contributed by atoms with E-state index in [0.717, 1.165) is 12.0 Å². The molecule has 1 nitrogen and oxygen atoms in total. The summed E-state index contributed by atoms with van der Waals surface area (Å²) >= 11 is 0. The molecule has 0 aliphatic heterocycles. The molecule has 0 saturated heterocycles. The third-order valence-corrected chi connectivity index (χ3v) is 4.40. The summed E-state index contributed by atoms with van der Waals surface area (Å²) in [5.41, 5.74) is 0. The number of hydrogen-bond acceptors (Lipinski definition) is 1. The second kappa shape index (κ2) is 4.42. The second-order valence-electron chi connectivity index (χ2n) is 4.86. The Morgan fingerprint density at radius 1 is 1.17 bits per heavy atom. The maximum Gasteiger partial charge on any atom is 0.182 e. The Hall–Kier alpha value is 0.177. The standard InChI is InChI=1S/C10H22OSi/c1-12(2,11)9-8-10-6-4-3-5-7-10/h10-11H,3-9H2,1-2H3. The zero-order chi connectivity index (χ0) is 9.03. The summed E-state index contributed by atoms with van der Waals surface area (Å²) in [6, 6.07) is 1.11. The topological polar surface area (TPSA) is 20.2 Å². The van der Waals surface area contributed by atoms with Gasteiger partial charge in [0.1, 0.15) is 0 Å². The highest BCUT2D eigenvalue weighted by Crippen LogP contribution is 2.28. The maximum absolute atomic E-state index is 9.69. The highest BCUT2D eigenvalue weighted by atomic mass is 28.4. The molecule has 0 aromatic carbocycles. The molecule has 2 heteroatoms. The van der Waals surface area contributed by atoms with Gasteiger partial charge in [-0.25, -0.2) is 0 Å². The molecule has 12 heavy (non-hydrogen) atoms. The summed E-state index contributed by atoms with van der Waals surface area (Å²) in [6.07, 6.45) is 8.43. The lowest BCUT2D eigenvalue weighted by Crippen LogP contribution is -2.25. The lowest BCUT2D eigenvalue weighted by Gasteiger charge is -2.23. The van der Waals surface area contributed by atoms with E-state index in [1.54, 1.807) is 0 Å². The predicted octanol–water partition coefficient (Wildman–Crippen LogP) is 3.15. The molecule has 0 heterocycles. The van der Waals surface area contributed by atoms with Gasteiger partial charge in [-0.05, 0) is 25.1 Å². The van der Waals surface area contributed by atoms with Gasteiger partial charge >= 0.3 is 0 Å². The molecule has 0 aromatic rings. The van der Waals surface area contributed by atoms with Crippen LogP contribution in [0, 0.1) is 5.92 Å². The molecule has 0 bridgehead atoms. The Kier molecular flexibility index (Phi) is 3.78. The second-order valence-corrected chi connectivity index (χ2v) is 8.98. The summed E-state index contributed by atoms with van der Waals surface area (Å²) in [5.74, 6) is 0.942. The van der Waals surface area contributed by atoms with E-state index in [1.807, 2.05) is 0 Å². The van der Waals surface area contributed by atoms with E-state index in [1.165, 1.54) is 38.5 Å². The third kappa shape index (κ3) is 4.26. The van der Waals surface area contributed by atoms with E-state index in [4.69, 9.17) is 0 Å². The molecule has 0 aromatic heterocycles. The summed E-state index contributed by atoms with van der Waals surface area (Å²) in [5, 5.41) is 0. The van der Waals surface area contributed by atoms with E-state index in [2.05, 4.69) is 13.1 Å². The highest BCUT2D eigenvalue weighted by molar-refractivity contribution is 6.69. The van der Waals surface area contributed by atoms with Gasteiger partial charge in [-0.3, -0.25) is 0 Å². The molecule has 1 fully saturated rings. The Morgan fingerprint density at radius 2 is 1.75 bits per heavy atom. The van der Waals surface area contributed by atoms with Crippen LogP contribution in [0.3, 0.4) is 0 Å². The van der Waals surface area contributed by atoms with E-state index in [9.17, 15) is 4.80 Å². The zero-order valence-electron chi connectivity index (χ0n) is 8.47. The molecule has 0 amide bonds. The van der Waals surface area contributed by atoms with E-state index in [0.29, 0.717) is 0 Å². The van der Waals surface area contributed by atoms with Crippen molar-refractivity contribution in [3.05, 3.63) is 0 Å². The van der Waals surface area contributed by atoms with Crippen molar-refractivity contribution in [3.8, 4) is 0 Å². The third-order valence-electron chi connectivity index (χ3n) is 2.89. The average molecular weight is 186 g/mol. The van der Waals surface area contributed by atoms with Gasteiger partial charge in [0.15, 0.2) is 8.32 Å². The Bertz CT molecular complexity index is 122. The minimum atomic E-state index is -1.74. The van der Waals surface area contributed by atoms with Crippen LogP contribution in [0.5, 0.6) is 0 Å². The average Bonchev–Trinajstić information content (AvgIpc) is 2.02. The Morgan fingerprint density at radius 3 is 2.25 bits per heavy atom. The van der Waals surface area contributed by atoms with Gasteiger partial charge in [0.2, 0.25) is 0 Å². The van der Waals surface area contributed by atoms with Crippen molar-refractivity contribution in [3.63, 3.8) is 0 Å². The lowest BCUT2D eigenvalue weighted by molar-refractivity contribution is 0.344. The molecule has 1 rings (SSSR count). The molecule has 1 aliphatic carbocycles. The first kappa shape index (κ1) is 10.3. The normalized spacial score (nSPS) is 21.2. The van der Waals surface area contributed by atoms with Crippen molar-refractivity contribution in [2.45, 2.75) is 57.7 Å². The van der Waals surface area contributed by atoms with Crippen molar-refractivity contribution < 1.29 is 4.80 Å². The smallest absolute Gasteiger partial charge is 0.182 e. The molecule has 0 unspecified atom stereocenters. The minimum Gasteiger partial charge on any atom is -0.432 e. The van der Waals surface area contributed by atoms with Gasteiger partial charge < -0.3 is 4.80 Å². The van der Waals surface area contributed by atoms with Gasteiger partial charge in [-0.2, -0.15) is 0 Å². The minimum absolute atomic E-state index is 0.942. The first-order chi connectivity index (χ1) is 5.58. The van der Waals surface area contributed by atoms with Crippen molar-refractivity contribution in [1.82, 2.24) is 0 Å². The monoisotopic (exact) mass is 186 g/mol. The number of hydrogen-bond donors (Lipinski definition) is 1. The van der Waals surface area contributed by atoms with Crippen LogP contribution in [0.2, 0.25) is 19.1 Å². The summed E-state index contributed by atoms with van der Waals surface area (Å²) in [7, 11) is -1.74. The summed E-state index contributed by atoms with van der Waals surface area (Å²) < 4.78 is 0. The SMILES string of the molecule is C[Si](C)(O)CCC1CCCCC1. The van der Waals surface area contributed by atoms with Crippen molar-refractivity contribution in [1.29, 1.82) is 0 Å². The fourth-order valence-electron chi connectivity index (χ4n) is 2.03. The molecule has 1 N–H and O–H groups in total. The lowest BCUT2D eigenvalue weighted by atomic mass is 9.88. The maximum atomic E-state index is 9.69. The molecule has 72 valence electrons. The highest BCUT2D eigenvalue weighted by Gasteiger charge is 2.20. The van der Waals surface area contributed by atoms with Crippen LogP contribution < -0.4 is 0 Å². The van der Waals surface area contributed by atoms with Crippen LogP contribution in [0.4, 0.5) is 0 Å². The quantitative estimate of drug-likeness (QED) is 0.671. The first-order valence-corrected chi connectivity index (χ1v) is 8.46. The molecule has 0 atom stereocenters. The fourth-order valence-corrected chi connectivity index (χ4v) is 3.15. The number of rotatable bonds is 3. The molecule has 0 radical (unpaired) electrons. The fraction of sp³-hybridized carbons (Fsp3) is 1.00. The van der Waals surface area contributed by atoms with Crippen LogP contribution in [0.25, 0.3) is 0 Å². The van der Waals surface area contributed by atoms with Crippen molar-refractivity contribution in [2.24, 2.45) is 5.92 Å². The van der Waals surface area contributed by atoms with E-state index < -0.39 is 8.32 Å². The van der Waals surface area contributed by atoms with Gasteiger partial charge in [-0.1, -0.05) is 38.5 Å². The molecular formula is C10H22OSi. The summed E-state index contributed by atoms with van der Waals surface area (Å²) in [6.45, 7) is 4.10. The van der Waals surface area contributed by atoms with Crippen LogP contribution in [-0.4, -0.2) is 13.1 Å². The molecule has 1 aliphatic rings. The van der Waals surface area contributed by atoms with Crippen LogP contribution in [-0.2, 0) is 0 Å². The van der Waals surface area contributed by atoms with Crippen LogP contribution >= 0.6 is 0 Å².